The zero-order valence-electron chi connectivity index (χ0n) is 13.8. The summed E-state index contributed by atoms with van der Waals surface area (Å²) >= 11 is 1.64. The molecule has 0 amide bonds. The van der Waals surface area contributed by atoms with E-state index in [2.05, 4.69) is 15.0 Å². The van der Waals surface area contributed by atoms with E-state index in [1.54, 1.807) is 18.0 Å². The fourth-order valence-electron chi connectivity index (χ4n) is 2.57. The van der Waals surface area contributed by atoms with Crippen molar-refractivity contribution in [3.63, 3.8) is 0 Å². The second-order valence-corrected chi connectivity index (χ2v) is 6.61. The first-order valence-electron chi connectivity index (χ1n) is 8.04. The van der Waals surface area contributed by atoms with Gasteiger partial charge in [-0.1, -0.05) is 42.1 Å². The van der Waals surface area contributed by atoms with E-state index in [-0.39, 0.29) is 0 Å². The predicted molar refractivity (Wildman–Crippen MR) is 101 cm³/mol. The normalized spacial score (nSPS) is 10.9. The van der Waals surface area contributed by atoms with Gasteiger partial charge >= 0.3 is 0 Å². The minimum atomic E-state index is 0.734. The molecule has 124 valence electrons. The maximum Gasteiger partial charge on any atom is 0.166 e. The van der Waals surface area contributed by atoms with Crippen molar-refractivity contribution in [3.05, 3.63) is 78.1 Å². The Morgan fingerprint density at radius 2 is 1.80 bits per heavy atom. The van der Waals surface area contributed by atoms with Gasteiger partial charge in [0.25, 0.3) is 0 Å². The average molecular weight is 347 g/mol. The number of nitrogens with one attached hydrogen (secondary N) is 1. The number of ether oxygens (including phenoxy) is 1. The number of aromatic amines is 1. The van der Waals surface area contributed by atoms with Crippen molar-refractivity contribution in [2.45, 2.75) is 17.8 Å². The van der Waals surface area contributed by atoms with E-state index in [0.29, 0.717) is 0 Å². The first-order valence-corrected chi connectivity index (χ1v) is 9.03. The van der Waals surface area contributed by atoms with Crippen molar-refractivity contribution >= 4 is 22.8 Å². The number of pyridine rings is 1. The lowest BCUT2D eigenvalue weighted by Crippen LogP contribution is -1.96. The smallest absolute Gasteiger partial charge is 0.166 e. The van der Waals surface area contributed by atoms with Crippen LogP contribution in [0.15, 0.2) is 72.0 Å². The van der Waals surface area contributed by atoms with E-state index >= 15 is 0 Å². The molecule has 0 saturated carbocycles. The number of hydrogen-bond donors (Lipinski definition) is 1. The quantitative estimate of drug-likeness (QED) is 0.494. The molecule has 2 aromatic heterocycles. The third-order valence-corrected chi connectivity index (χ3v) is 4.83. The van der Waals surface area contributed by atoms with Gasteiger partial charge in [-0.25, -0.2) is 4.98 Å². The summed E-state index contributed by atoms with van der Waals surface area (Å²) < 4.78 is 5.98. The predicted octanol–water partition coefficient (Wildman–Crippen LogP) is 5.35. The second-order valence-electron chi connectivity index (χ2n) is 5.64. The van der Waals surface area contributed by atoms with Crippen LogP contribution in [-0.2, 0) is 5.75 Å². The van der Waals surface area contributed by atoms with Crippen LogP contribution in [0.2, 0.25) is 0 Å². The molecule has 0 aliphatic carbocycles. The Bertz CT molecular complexity index is 965. The summed E-state index contributed by atoms with van der Waals surface area (Å²) in [6.07, 6.45) is 1.79. The first kappa shape index (κ1) is 15.7. The standard InChI is InChI=1S/C20H17N3OS/c1-14-18(13-25-20-22-16-9-5-6-10-17(16)23-20)21-12-11-19(14)24-15-7-3-2-4-8-15/h2-12H,13H2,1H3,(H,22,23). The molecule has 0 spiro atoms. The van der Waals surface area contributed by atoms with Crippen molar-refractivity contribution in [1.82, 2.24) is 15.0 Å². The van der Waals surface area contributed by atoms with Gasteiger partial charge in [0.15, 0.2) is 5.16 Å². The number of aromatic nitrogens is 3. The molecular formula is C20H17N3OS. The maximum atomic E-state index is 5.98. The molecule has 0 atom stereocenters. The molecule has 0 radical (unpaired) electrons. The summed E-state index contributed by atoms with van der Waals surface area (Å²) in [7, 11) is 0. The first-order chi connectivity index (χ1) is 12.3. The molecule has 4 nitrogen and oxygen atoms in total. The van der Waals surface area contributed by atoms with Gasteiger partial charge in [-0.2, -0.15) is 0 Å². The Morgan fingerprint density at radius 3 is 2.64 bits per heavy atom. The number of rotatable bonds is 5. The van der Waals surface area contributed by atoms with Crippen LogP contribution in [0.4, 0.5) is 0 Å². The van der Waals surface area contributed by atoms with Crippen molar-refractivity contribution < 1.29 is 4.74 Å². The van der Waals surface area contributed by atoms with E-state index in [0.717, 1.165) is 44.7 Å². The number of para-hydroxylation sites is 3. The van der Waals surface area contributed by atoms with Gasteiger partial charge in [-0.05, 0) is 37.3 Å². The molecule has 2 heterocycles. The number of imidazole rings is 1. The second kappa shape index (κ2) is 6.99. The fraction of sp³-hybridized carbons (Fsp3) is 0.100. The van der Waals surface area contributed by atoms with Crippen LogP contribution in [0, 0.1) is 6.92 Å². The van der Waals surface area contributed by atoms with Gasteiger partial charge in [0.1, 0.15) is 11.5 Å². The summed E-state index contributed by atoms with van der Waals surface area (Å²) in [5.41, 5.74) is 4.08. The molecule has 0 unspecified atom stereocenters. The van der Waals surface area contributed by atoms with Gasteiger partial charge in [0, 0.05) is 17.5 Å². The van der Waals surface area contributed by atoms with Crippen LogP contribution in [0.25, 0.3) is 11.0 Å². The Labute approximate surface area is 150 Å². The number of H-pyrrole nitrogens is 1. The van der Waals surface area contributed by atoms with Crippen LogP contribution >= 0.6 is 11.8 Å². The minimum Gasteiger partial charge on any atom is -0.457 e. The summed E-state index contributed by atoms with van der Waals surface area (Å²) in [6.45, 7) is 2.04. The summed E-state index contributed by atoms with van der Waals surface area (Å²) in [4.78, 5) is 12.4. The van der Waals surface area contributed by atoms with E-state index < -0.39 is 0 Å². The highest BCUT2D eigenvalue weighted by Gasteiger charge is 2.10. The number of thioether (sulfide) groups is 1. The van der Waals surface area contributed by atoms with Crippen molar-refractivity contribution in [2.24, 2.45) is 0 Å². The van der Waals surface area contributed by atoms with Crippen molar-refractivity contribution in [2.75, 3.05) is 0 Å². The molecular weight excluding hydrogens is 330 g/mol. The molecule has 0 aliphatic rings. The molecule has 0 saturated heterocycles. The molecule has 1 N–H and O–H groups in total. The van der Waals surface area contributed by atoms with Gasteiger partial charge in [-0.3, -0.25) is 4.98 Å². The van der Waals surface area contributed by atoms with Crippen molar-refractivity contribution in [3.8, 4) is 11.5 Å². The van der Waals surface area contributed by atoms with Crippen LogP contribution < -0.4 is 4.74 Å². The fourth-order valence-corrected chi connectivity index (χ4v) is 3.47. The maximum absolute atomic E-state index is 5.98. The van der Waals surface area contributed by atoms with E-state index in [9.17, 15) is 0 Å². The van der Waals surface area contributed by atoms with E-state index in [4.69, 9.17) is 4.74 Å². The molecule has 2 aromatic carbocycles. The molecule has 0 aliphatic heterocycles. The van der Waals surface area contributed by atoms with Crippen LogP contribution in [0.1, 0.15) is 11.3 Å². The zero-order chi connectivity index (χ0) is 17.1. The third kappa shape index (κ3) is 3.51. The summed E-state index contributed by atoms with van der Waals surface area (Å²) in [5.74, 6) is 2.39. The molecule has 4 aromatic rings. The Kier molecular flexibility index (Phi) is 4.39. The lowest BCUT2D eigenvalue weighted by Gasteiger charge is -2.11. The third-order valence-electron chi connectivity index (χ3n) is 3.94. The molecule has 0 fully saturated rings. The number of benzene rings is 2. The van der Waals surface area contributed by atoms with E-state index in [1.807, 2.05) is 67.6 Å². The van der Waals surface area contributed by atoms with Gasteiger partial charge in [-0.15, -0.1) is 0 Å². The highest BCUT2D eigenvalue weighted by molar-refractivity contribution is 7.98. The summed E-state index contributed by atoms with van der Waals surface area (Å²) in [5, 5.41) is 0.900. The highest BCUT2D eigenvalue weighted by Crippen LogP contribution is 2.29. The molecule has 25 heavy (non-hydrogen) atoms. The Morgan fingerprint density at radius 1 is 1.00 bits per heavy atom. The molecule has 4 rings (SSSR count). The van der Waals surface area contributed by atoms with Crippen LogP contribution in [0.5, 0.6) is 11.5 Å². The number of fused-ring (bicyclic) bond motifs is 1. The van der Waals surface area contributed by atoms with Crippen molar-refractivity contribution in [1.29, 1.82) is 0 Å². The Hall–Kier alpha value is -2.79. The Balaban J connectivity index is 1.51. The highest BCUT2D eigenvalue weighted by atomic mass is 32.2. The lowest BCUT2D eigenvalue weighted by atomic mass is 10.2. The number of nitrogens with zero attached hydrogens (tertiary/aromatic N) is 2. The topological polar surface area (TPSA) is 50.8 Å². The largest absolute Gasteiger partial charge is 0.457 e. The minimum absolute atomic E-state index is 0.734. The summed E-state index contributed by atoms with van der Waals surface area (Å²) in [6, 6.07) is 19.7. The lowest BCUT2D eigenvalue weighted by molar-refractivity contribution is 0.477. The zero-order valence-corrected chi connectivity index (χ0v) is 14.6. The molecule has 0 bridgehead atoms. The van der Waals surface area contributed by atoms with Gasteiger partial charge < -0.3 is 9.72 Å². The SMILES string of the molecule is Cc1c(Oc2ccccc2)ccnc1CSc1nc2ccccc2[nH]1. The van der Waals surface area contributed by atoms with Crippen LogP contribution in [0.3, 0.4) is 0 Å². The van der Waals surface area contributed by atoms with Crippen LogP contribution in [-0.4, -0.2) is 15.0 Å². The monoisotopic (exact) mass is 347 g/mol. The van der Waals surface area contributed by atoms with Gasteiger partial charge in [0.05, 0.1) is 16.7 Å². The van der Waals surface area contributed by atoms with E-state index in [1.165, 1.54) is 0 Å². The van der Waals surface area contributed by atoms with Gasteiger partial charge in [0.2, 0.25) is 0 Å². The average Bonchev–Trinajstić information content (AvgIpc) is 3.06. The number of hydrogen-bond acceptors (Lipinski definition) is 4. The molecule has 5 heteroatoms.